The minimum atomic E-state index is -0.0162. The Bertz CT molecular complexity index is 687. The Morgan fingerprint density at radius 1 is 1.03 bits per heavy atom. The average molecular weight is 433 g/mol. The fraction of sp³-hybridized carbons (Fsp3) is 0.963. The molecule has 4 heteroatoms. The molecular formula is C27H44O4. The summed E-state index contributed by atoms with van der Waals surface area (Å²) in [6.45, 7) is 11.3. The molecule has 1 aliphatic heterocycles. The lowest BCUT2D eigenvalue weighted by Gasteiger charge is -2.64. The third-order valence-corrected chi connectivity index (χ3v) is 11.3. The number of Topliss-reactive ketones (excluding diaryl/α,β-unsaturated/α-hetero) is 1. The van der Waals surface area contributed by atoms with Gasteiger partial charge in [0.15, 0.2) is 6.29 Å². The average Bonchev–Trinajstić information content (AvgIpc) is 3.41. The van der Waals surface area contributed by atoms with Crippen LogP contribution in [0.25, 0.3) is 0 Å². The zero-order chi connectivity index (χ0) is 22.0. The molecule has 0 amide bonds. The van der Waals surface area contributed by atoms with Gasteiger partial charge in [0.1, 0.15) is 5.78 Å². The molecule has 4 aliphatic carbocycles. The van der Waals surface area contributed by atoms with Crippen LogP contribution in [0.1, 0.15) is 79.1 Å². The van der Waals surface area contributed by atoms with Gasteiger partial charge in [0, 0.05) is 25.9 Å². The molecule has 5 aliphatic rings. The molecule has 31 heavy (non-hydrogen) atoms. The maximum atomic E-state index is 12.5. The summed E-state index contributed by atoms with van der Waals surface area (Å²) in [6, 6.07) is 0. The number of ether oxygens (including phenoxy) is 3. The summed E-state index contributed by atoms with van der Waals surface area (Å²) in [6.07, 6.45) is 9.30. The van der Waals surface area contributed by atoms with E-state index in [2.05, 4.69) is 27.7 Å². The molecule has 10 atom stereocenters. The number of ketones is 1. The van der Waals surface area contributed by atoms with Crippen molar-refractivity contribution in [3.8, 4) is 0 Å². The van der Waals surface area contributed by atoms with E-state index < -0.39 is 0 Å². The van der Waals surface area contributed by atoms with E-state index in [1.165, 1.54) is 25.7 Å². The number of methoxy groups -OCH3 is 1. The SMILES string of the molecule is CC[C@H]1C2CC(=O)CC[C@]2(C)C2CC[C@@]3(C)C(CCC3[C@H](C)C3OCCO3)C2[C@@H]1OC. The third kappa shape index (κ3) is 3.21. The van der Waals surface area contributed by atoms with Crippen molar-refractivity contribution in [1.82, 2.24) is 0 Å². The van der Waals surface area contributed by atoms with Crippen LogP contribution in [0.15, 0.2) is 0 Å². The summed E-state index contributed by atoms with van der Waals surface area (Å²) in [5.41, 5.74) is 0.648. The predicted octanol–water partition coefficient (Wildman–Crippen LogP) is 5.48. The van der Waals surface area contributed by atoms with Gasteiger partial charge in [-0.25, -0.2) is 0 Å². The van der Waals surface area contributed by atoms with Gasteiger partial charge < -0.3 is 14.2 Å². The molecular weight excluding hydrogens is 388 g/mol. The quantitative estimate of drug-likeness (QED) is 0.590. The van der Waals surface area contributed by atoms with Crippen molar-refractivity contribution in [2.45, 2.75) is 91.5 Å². The summed E-state index contributed by atoms with van der Waals surface area (Å²) < 4.78 is 18.3. The monoisotopic (exact) mass is 432 g/mol. The standard InChI is InChI=1S/C27H44O4/c1-6-18-22-15-17(28)9-11-27(22,4)21-10-12-26(3)19(16(2)25-30-13-14-31-25)7-8-20(26)23(21)24(18)29-5/h16,18-25H,6-15H2,1-5H3/t16-,18-,19?,20?,21?,22?,23?,24+,26+,27+/m0/s1. The fourth-order valence-corrected chi connectivity index (χ4v) is 9.84. The fourth-order valence-electron chi connectivity index (χ4n) is 9.84. The Morgan fingerprint density at radius 2 is 1.74 bits per heavy atom. The number of hydrogen-bond acceptors (Lipinski definition) is 4. The first kappa shape index (κ1) is 22.3. The van der Waals surface area contributed by atoms with Crippen LogP contribution in [0.5, 0.6) is 0 Å². The van der Waals surface area contributed by atoms with Crippen LogP contribution < -0.4 is 0 Å². The molecule has 0 aromatic carbocycles. The van der Waals surface area contributed by atoms with Crippen LogP contribution in [0, 0.1) is 52.3 Å². The van der Waals surface area contributed by atoms with Crippen LogP contribution in [-0.2, 0) is 19.0 Å². The molecule has 176 valence electrons. The van der Waals surface area contributed by atoms with Gasteiger partial charge in [-0.3, -0.25) is 4.79 Å². The van der Waals surface area contributed by atoms with Crippen LogP contribution >= 0.6 is 0 Å². The highest BCUT2D eigenvalue weighted by Gasteiger charge is 2.65. The molecule has 5 fully saturated rings. The maximum Gasteiger partial charge on any atom is 0.160 e. The Hall–Kier alpha value is -0.450. The zero-order valence-corrected chi connectivity index (χ0v) is 20.4. The van der Waals surface area contributed by atoms with E-state index in [9.17, 15) is 4.79 Å². The summed E-state index contributed by atoms with van der Waals surface area (Å²) in [7, 11) is 1.94. The van der Waals surface area contributed by atoms with Gasteiger partial charge in [0.25, 0.3) is 0 Å². The van der Waals surface area contributed by atoms with Crippen LogP contribution in [0.3, 0.4) is 0 Å². The Kier molecular flexibility index (Phi) is 5.84. The van der Waals surface area contributed by atoms with E-state index in [4.69, 9.17) is 14.2 Å². The van der Waals surface area contributed by atoms with Crippen molar-refractivity contribution in [2.24, 2.45) is 52.3 Å². The van der Waals surface area contributed by atoms with E-state index in [0.29, 0.717) is 58.2 Å². The highest BCUT2D eigenvalue weighted by Crippen LogP contribution is 2.69. The molecule has 5 unspecified atom stereocenters. The maximum absolute atomic E-state index is 12.5. The summed E-state index contributed by atoms with van der Waals surface area (Å²) >= 11 is 0. The van der Waals surface area contributed by atoms with Crippen molar-refractivity contribution in [3.63, 3.8) is 0 Å². The summed E-state index contributed by atoms with van der Waals surface area (Å²) in [5.74, 6) is 4.67. The Morgan fingerprint density at radius 3 is 2.42 bits per heavy atom. The highest BCUT2D eigenvalue weighted by atomic mass is 16.7. The number of carbonyl (C=O) groups is 1. The third-order valence-electron chi connectivity index (χ3n) is 11.3. The molecule has 0 N–H and O–H groups in total. The second-order valence-electron chi connectivity index (χ2n) is 12.1. The molecule has 0 bridgehead atoms. The molecule has 1 heterocycles. The topological polar surface area (TPSA) is 44.8 Å². The predicted molar refractivity (Wildman–Crippen MR) is 120 cm³/mol. The van der Waals surface area contributed by atoms with Gasteiger partial charge in [0.2, 0.25) is 0 Å². The van der Waals surface area contributed by atoms with Crippen molar-refractivity contribution in [3.05, 3.63) is 0 Å². The van der Waals surface area contributed by atoms with Crippen LogP contribution in [0.2, 0.25) is 0 Å². The number of hydrogen-bond donors (Lipinski definition) is 0. The lowest BCUT2D eigenvalue weighted by atomic mass is 9.41. The Labute approximate surface area is 189 Å². The minimum absolute atomic E-state index is 0.0162. The van der Waals surface area contributed by atoms with Gasteiger partial charge in [0.05, 0.1) is 19.3 Å². The molecule has 0 aromatic rings. The van der Waals surface area contributed by atoms with Crippen molar-refractivity contribution < 1.29 is 19.0 Å². The second kappa shape index (κ2) is 8.09. The highest BCUT2D eigenvalue weighted by molar-refractivity contribution is 5.79. The van der Waals surface area contributed by atoms with E-state index in [1.54, 1.807) is 0 Å². The van der Waals surface area contributed by atoms with E-state index in [1.807, 2.05) is 7.11 Å². The molecule has 0 spiro atoms. The van der Waals surface area contributed by atoms with Crippen LogP contribution in [-0.4, -0.2) is 38.5 Å². The van der Waals surface area contributed by atoms with Gasteiger partial charge in [-0.1, -0.05) is 34.1 Å². The Balaban J connectivity index is 1.48. The van der Waals surface area contributed by atoms with Gasteiger partial charge in [-0.2, -0.15) is 0 Å². The summed E-state index contributed by atoms with van der Waals surface area (Å²) in [4.78, 5) is 12.5. The van der Waals surface area contributed by atoms with E-state index >= 15 is 0 Å². The first-order chi connectivity index (χ1) is 14.8. The van der Waals surface area contributed by atoms with Gasteiger partial charge >= 0.3 is 0 Å². The number of carbonyl (C=O) groups excluding carboxylic acids is 1. The second-order valence-corrected chi connectivity index (χ2v) is 12.1. The lowest BCUT2D eigenvalue weighted by molar-refractivity contribution is -0.205. The first-order valence-corrected chi connectivity index (χ1v) is 13.1. The van der Waals surface area contributed by atoms with E-state index in [0.717, 1.165) is 44.8 Å². The molecule has 0 radical (unpaired) electrons. The van der Waals surface area contributed by atoms with Crippen molar-refractivity contribution in [1.29, 1.82) is 0 Å². The molecule has 1 saturated heterocycles. The van der Waals surface area contributed by atoms with E-state index in [-0.39, 0.29) is 6.29 Å². The largest absolute Gasteiger partial charge is 0.381 e. The van der Waals surface area contributed by atoms with Crippen LogP contribution in [0.4, 0.5) is 0 Å². The smallest absolute Gasteiger partial charge is 0.160 e. The number of fused-ring (bicyclic) bond motifs is 5. The van der Waals surface area contributed by atoms with Gasteiger partial charge in [-0.05, 0) is 78.4 Å². The normalized spacial score (nSPS) is 51.3. The van der Waals surface area contributed by atoms with Crippen molar-refractivity contribution in [2.75, 3.05) is 20.3 Å². The lowest BCUT2D eigenvalue weighted by Crippen LogP contribution is -2.62. The molecule has 0 aromatic heterocycles. The molecule has 4 saturated carbocycles. The molecule has 5 rings (SSSR count). The zero-order valence-electron chi connectivity index (χ0n) is 20.4. The van der Waals surface area contributed by atoms with Crippen molar-refractivity contribution >= 4 is 5.78 Å². The van der Waals surface area contributed by atoms with Gasteiger partial charge in [-0.15, -0.1) is 0 Å². The first-order valence-electron chi connectivity index (χ1n) is 13.1. The molecule has 4 nitrogen and oxygen atoms in total. The minimum Gasteiger partial charge on any atom is -0.381 e. The number of rotatable bonds is 4. The summed E-state index contributed by atoms with van der Waals surface area (Å²) in [5, 5.41) is 0.